The van der Waals surface area contributed by atoms with Gasteiger partial charge in [0.25, 0.3) is 11.8 Å². The molecular formula is C73H84N8O16Si. The van der Waals surface area contributed by atoms with Gasteiger partial charge in [0.2, 0.25) is 11.8 Å². The van der Waals surface area contributed by atoms with E-state index in [1.165, 1.54) is 55.2 Å². The van der Waals surface area contributed by atoms with Crippen LogP contribution in [0.1, 0.15) is 101 Å². The van der Waals surface area contributed by atoms with Crippen molar-refractivity contribution in [2.24, 2.45) is 5.92 Å². The molecule has 6 aromatic rings. The number of anilines is 3. The highest BCUT2D eigenvalue weighted by Gasteiger charge is 2.51. The van der Waals surface area contributed by atoms with Gasteiger partial charge in [-0.15, -0.1) is 0 Å². The zero-order valence-electron chi connectivity index (χ0n) is 56.8. The van der Waals surface area contributed by atoms with E-state index in [9.17, 15) is 33.9 Å². The lowest BCUT2D eigenvalue weighted by Gasteiger charge is -2.47. The van der Waals surface area contributed by atoms with E-state index < -0.39 is 80.9 Å². The lowest BCUT2D eigenvalue weighted by atomic mass is 9.93. The van der Waals surface area contributed by atoms with E-state index in [1.807, 2.05) is 54.6 Å². The molecule has 0 radical (unpaired) electrons. The minimum absolute atomic E-state index is 0.00715. The summed E-state index contributed by atoms with van der Waals surface area (Å²) in [6, 6.07) is 26.4. The molecular weight excluding hydrogens is 1270 g/mol. The molecule has 4 N–H and O–H groups in total. The molecule has 516 valence electrons. The highest BCUT2D eigenvalue weighted by Crippen LogP contribution is 2.47. The molecule has 4 aliphatic rings. The Labute approximate surface area is 570 Å². The van der Waals surface area contributed by atoms with E-state index >= 15 is 4.79 Å². The zero-order valence-corrected chi connectivity index (χ0v) is 57.8. The Hall–Kier alpha value is -10.2. The van der Waals surface area contributed by atoms with Crippen molar-refractivity contribution in [2.45, 2.75) is 142 Å². The Morgan fingerprint density at radius 2 is 1.14 bits per heavy atom. The summed E-state index contributed by atoms with van der Waals surface area (Å²) >= 11 is 0. The third-order valence-corrected chi connectivity index (χ3v) is 22.7. The summed E-state index contributed by atoms with van der Waals surface area (Å²) in [5.41, 5.74) is 6.28. The van der Waals surface area contributed by atoms with Gasteiger partial charge in [-0.25, -0.2) is 24.2 Å². The van der Waals surface area contributed by atoms with Gasteiger partial charge in [0.15, 0.2) is 43.8 Å². The molecule has 6 atom stereocenters. The molecule has 0 spiro atoms. The summed E-state index contributed by atoms with van der Waals surface area (Å²) in [5.74, 6) is -1.57. The maximum absolute atomic E-state index is 15.1. The normalized spacial score (nSPS) is 17.7. The number of methoxy groups -OCH3 is 2. The Morgan fingerprint density at radius 1 is 0.633 bits per heavy atom. The van der Waals surface area contributed by atoms with Gasteiger partial charge in [0.1, 0.15) is 45.1 Å². The van der Waals surface area contributed by atoms with E-state index in [0.29, 0.717) is 28.8 Å². The average Bonchev–Trinajstić information content (AvgIpc) is 1.58. The van der Waals surface area contributed by atoms with Crippen molar-refractivity contribution in [3.63, 3.8) is 0 Å². The van der Waals surface area contributed by atoms with Crippen LogP contribution in [0.3, 0.4) is 0 Å². The molecule has 24 nitrogen and oxygen atoms in total. The van der Waals surface area contributed by atoms with Crippen molar-refractivity contribution >= 4 is 67.3 Å². The van der Waals surface area contributed by atoms with Crippen LogP contribution in [0, 0.1) is 5.92 Å². The summed E-state index contributed by atoms with van der Waals surface area (Å²) in [5, 5.41) is 20.1. The van der Waals surface area contributed by atoms with E-state index in [4.69, 9.17) is 37.6 Å². The number of benzene rings is 5. The first-order valence-corrected chi connectivity index (χ1v) is 35.2. The van der Waals surface area contributed by atoms with Crippen molar-refractivity contribution in [3.05, 3.63) is 191 Å². The van der Waals surface area contributed by atoms with Gasteiger partial charge in [0, 0.05) is 54.4 Å². The molecule has 1 aromatic heterocycles. The summed E-state index contributed by atoms with van der Waals surface area (Å²) in [6.07, 6.45) is 1.59. The number of hydrogen-bond acceptors (Lipinski definition) is 17. The highest BCUT2D eigenvalue weighted by atomic mass is 28.4. The summed E-state index contributed by atoms with van der Waals surface area (Å²) in [4.78, 5) is 108. The standard InChI is InChI=1S/C73H84N8O16Si/c1-13-27-92-70(87)77-63(43(3)4)65(83)75-44(5)64(82)76-52-25-23-45(24-26-52)40-96-71(88)80-55-34-61(59(90-9)32-53(55)66(84)78-38-50-21-17-15-19-48(50)30-57(78)68(80)86)94-41-46-29-47(37-74-36-46)42-95-62-35-56-54(33-60(62)91-10)67(85)79-39-51-22-18-16-20-49(51)31-58(79)69(81(56)72(89)93-28-14-2)97-98(11,12)73(6,7)8/h13-26,29,32-37,43-44,57-58,63,68-69,86H,1-2,27-28,30-31,38-42H2,3-12H3,(H,75,83)(H,76,82)(H,77,87)/t44-,57-,58-,63-,68?,69?/m0/s1. The quantitative estimate of drug-likeness (QED) is 0.0279. The SMILES string of the molecule is C=CCOC(=O)N[C@H](C(=O)N[C@@H](C)C(=O)Nc1ccc(COC(=O)N2c3cc(OCc4cncc(COc5cc6c(cc5OC)C(=O)N5Cc7ccccc7C[C@H]5C(O[Si](C)(C)C(C)(C)C)N6C(=O)OCC=C)c4)c(OC)cc3C(=O)N3Cc4ccccc4C[C@H]3C2O)cc1)C(C)C. The topological polar surface area (TPSA) is 275 Å². The molecule has 0 fully saturated rings. The number of ether oxygens (including phenoxy) is 7. The number of fused-ring (bicyclic) bond motifs is 6. The van der Waals surface area contributed by atoms with E-state index in [2.05, 4.69) is 68.0 Å². The Bertz CT molecular complexity index is 4030. The Morgan fingerprint density at radius 3 is 1.67 bits per heavy atom. The predicted octanol–water partition coefficient (Wildman–Crippen LogP) is 10.7. The second kappa shape index (κ2) is 30.0. The summed E-state index contributed by atoms with van der Waals surface area (Å²) in [7, 11) is 0.182. The molecule has 0 bridgehead atoms. The van der Waals surface area contributed by atoms with Crippen molar-refractivity contribution < 1.29 is 76.3 Å². The van der Waals surface area contributed by atoms with Crippen LogP contribution < -0.4 is 44.7 Å². The molecule has 7 amide bonds. The van der Waals surface area contributed by atoms with Gasteiger partial charge in [-0.2, -0.15) is 0 Å². The highest BCUT2D eigenvalue weighted by molar-refractivity contribution is 6.74. The van der Waals surface area contributed by atoms with Gasteiger partial charge >= 0.3 is 18.3 Å². The van der Waals surface area contributed by atoms with Crippen LogP contribution in [-0.4, -0.2) is 134 Å². The fraction of sp³-hybridized carbons (Fsp3) is 0.370. The first-order valence-electron chi connectivity index (χ1n) is 32.3. The number of aliphatic hydroxyl groups is 1. The largest absolute Gasteiger partial charge is 0.493 e. The van der Waals surface area contributed by atoms with E-state index in [-0.39, 0.29) is 115 Å². The lowest BCUT2D eigenvalue weighted by Crippen LogP contribution is -2.60. The number of amides is 7. The molecule has 5 aromatic carbocycles. The fourth-order valence-electron chi connectivity index (χ4n) is 12.0. The third-order valence-electron chi connectivity index (χ3n) is 18.3. The molecule has 5 heterocycles. The maximum atomic E-state index is 15.1. The Kier molecular flexibility index (Phi) is 21.6. The number of aromatic nitrogens is 1. The minimum atomic E-state index is -2.70. The number of nitrogens with zero attached hydrogens (tertiary/aromatic N) is 5. The Balaban J connectivity index is 0.881. The summed E-state index contributed by atoms with van der Waals surface area (Å²) < 4.78 is 48.8. The van der Waals surface area contributed by atoms with Gasteiger partial charge in [-0.1, -0.05) is 121 Å². The van der Waals surface area contributed by atoms with Crippen molar-refractivity contribution in [1.82, 2.24) is 25.4 Å². The number of carbonyl (C=O) groups is 7. The molecule has 98 heavy (non-hydrogen) atoms. The zero-order chi connectivity index (χ0) is 70.3. The van der Waals surface area contributed by atoms with E-state index in [0.717, 1.165) is 27.2 Å². The van der Waals surface area contributed by atoms with Gasteiger partial charge in [0.05, 0.1) is 48.8 Å². The maximum Gasteiger partial charge on any atom is 0.416 e. The van der Waals surface area contributed by atoms with Crippen LogP contribution >= 0.6 is 0 Å². The predicted molar refractivity (Wildman–Crippen MR) is 367 cm³/mol. The molecule has 25 heteroatoms. The number of pyridine rings is 1. The molecule has 2 unspecified atom stereocenters. The number of nitrogens with one attached hydrogen (secondary N) is 3. The van der Waals surface area contributed by atoms with Gasteiger partial charge < -0.3 is 68.4 Å². The van der Waals surface area contributed by atoms with Crippen LogP contribution in [0.25, 0.3) is 0 Å². The first kappa shape index (κ1) is 70.6. The number of hydrogen-bond donors (Lipinski definition) is 4. The number of carbonyl (C=O) groups excluding carboxylic acids is 7. The van der Waals surface area contributed by atoms with E-state index in [1.54, 1.807) is 67.5 Å². The van der Waals surface area contributed by atoms with Crippen LogP contribution in [0.4, 0.5) is 31.4 Å². The second-order valence-electron chi connectivity index (χ2n) is 26.3. The number of alkyl carbamates (subject to hydrolysis) is 1. The average molecular weight is 1360 g/mol. The van der Waals surface area contributed by atoms with Crippen molar-refractivity contribution in [2.75, 3.05) is 42.5 Å². The molecule has 10 rings (SSSR count). The molecule has 0 saturated carbocycles. The van der Waals surface area contributed by atoms with Crippen LogP contribution in [0.15, 0.2) is 141 Å². The minimum Gasteiger partial charge on any atom is -0.493 e. The molecule has 0 aliphatic carbocycles. The van der Waals surface area contributed by atoms with Crippen LogP contribution in [0.2, 0.25) is 18.1 Å². The first-order chi connectivity index (χ1) is 46.8. The monoisotopic (exact) mass is 1360 g/mol. The van der Waals surface area contributed by atoms with Gasteiger partial charge in [-0.3, -0.25) is 24.2 Å². The smallest absolute Gasteiger partial charge is 0.416 e. The summed E-state index contributed by atoms with van der Waals surface area (Å²) in [6.45, 7) is 22.6. The third kappa shape index (κ3) is 15.3. The van der Waals surface area contributed by atoms with Gasteiger partial charge in [-0.05, 0) is 102 Å². The van der Waals surface area contributed by atoms with Crippen LogP contribution in [0.5, 0.6) is 23.0 Å². The second-order valence-corrected chi connectivity index (χ2v) is 31.0. The van der Waals surface area contributed by atoms with Crippen LogP contribution in [-0.2, 0) is 74.0 Å². The molecule has 0 saturated heterocycles. The number of rotatable bonds is 22. The number of aliphatic hydroxyl groups excluding tert-OH is 1. The lowest BCUT2D eigenvalue weighted by molar-refractivity contribution is -0.128. The van der Waals surface area contributed by atoms with Crippen molar-refractivity contribution in [1.29, 1.82) is 0 Å². The van der Waals surface area contributed by atoms with Crippen molar-refractivity contribution in [3.8, 4) is 23.0 Å². The fourth-order valence-corrected chi connectivity index (χ4v) is 13.2. The molecule has 4 aliphatic heterocycles.